The molecule has 0 atom stereocenters. The lowest BCUT2D eigenvalue weighted by Crippen LogP contribution is -2.60. The summed E-state index contributed by atoms with van der Waals surface area (Å²) in [4.78, 5) is 16.5. The van der Waals surface area contributed by atoms with Crippen molar-refractivity contribution in [3.05, 3.63) is 35.9 Å². The minimum absolute atomic E-state index is 0.0465. The van der Waals surface area contributed by atoms with Crippen molar-refractivity contribution in [3.8, 4) is 0 Å². The molecule has 0 radical (unpaired) electrons. The van der Waals surface area contributed by atoms with Gasteiger partial charge in [0.2, 0.25) is 0 Å². The van der Waals surface area contributed by atoms with E-state index in [1.165, 1.54) is 19.3 Å². The van der Waals surface area contributed by atoms with Crippen LogP contribution < -0.4 is 4.90 Å². The molecule has 1 amide bonds. The Bertz CT molecular complexity index is 998. The van der Waals surface area contributed by atoms with E-state index in [2.05, 4.69) is 20.2 Å². The summed E-state index contributed by atoms with van der Waals surface area (Å²) >= 11 is 0. The molecule has 0 aromatic carbocycles. The van der Waals surface area contributed by atoms with Crippen molar-refractivity contribution < 1.29 is 4.79 Å². The number of fused-ring (bicyclic) bond motifs is 1. The number of carbonyl (C=O) groups excluding carboxylic acids is 1. The molecule has 1 aliphatic carbocycles. The largest absolute Gasteiger partial charge is 0.351 e. The van der Waals surface area contributed by atoms with Crippen LogP contribution in [0.2, 0.25) is 0 Å². The maximum Gasteiger partial charge on any atom is 0.274 e. The Labute approximate surface area is 156 Å². The van der Waals surface area contributed by atoms with E-state index in [-0.39, 0.29) is 11.9 Å². The molecule has 0 bridgehead atoms. The lowest BCUT2D eigenvalue weighted by Gasteiger charge is -2.44. The summed E-state index contributed by atoms with van der Waals surface area (Å²) in [5, 5.41) is 17.5. The molecule has 0 unspecified atom stereocenters. The maximum atomic E-state index is 12.5. The van der Waals surface area contributed by atoms with Crippen LogP contribution in [0.3, 0.4) is 0 Å². The van der Waals surface area contributed by atoms with Gasteiger partial charge in [0.1, 0.15) is 11.5 Å². The molecule has 4 heterocycles. The zero-order valence-electron chi connectivity index (χ0n) is 15.5. The molecule has 3 aromatic heterocycles. The summed E-state index contributed by atoms with van der Waals surface area (Å²) in [6, 6.07) is 5.85. The quantitative estimate of drug-likeness (QED) is 0.687. The lowest BCUT2D eigenvalue weighted by molar-refractivity contribution is 0.0698. The second-order valence-electron chi connectivity index (χ2n) is 7.50. The van der Waals surface area contributed by atoms with Gasteiger partial charge in [0.05, 0.1) is 6.04 Å². The molecule has 2 fully saturated rings. The molecule has 3 aromatic rings. The van der Waals surface area contributed by atoms with Crippen molar-refractivity contribution in [1.82, 2.24) is 34.5 Å². The van der Waals surface area contributed by atoms with Gasteiger partial charge in [-0.3, -0.25) is 9.48 Å². The highest BCUT2D eigenvalue weighted by molar-refractivity contribution is 5.92. The molecule has 1 saturated carbocycles. The molecule has 2 aliphatic rings. The number of carbonyl (C=O) groups is 1. The summed E-state index contributed by atoms with van der Waals surface area (Å²) in [5.74, 6) is 2.30. The molecular weight excluding hydrogens is 344 g/mol. The maximum absolute atomic E-state index is 12.5. The van der Waals surface area contributed by atoms with Gasteiger partial charge in [0.25, 0.3) is 5.91 Å². The van der Waals surface area contributed by atoms with Gasteiger partial charge in [0, 0.05) is 39.3 Å². The van der Waals surface area contributed by atoms with Gasteiger partial charge in [0.15, 0.2) is 11.5 Å². The molecule has 9 heteroatoms. The van der Waals surface area contributed by atoms with Gasteiger partial charge < -0.3 is 9.80 Å². The molecule has 1 saturated heterocycles. The zero-order chi connectivity index (χ0) is 18.5. The van der Waals surface area contributed by atoms with Crippen LogP contribution in [-0.2, 0) is 7.05 Å². The van der Waals surface area contributed by atoms with E-state index in [4.69, 9.17) is 5.10 Å². The fourth-order valence-electron chi connectivity index (χ4n) is 3.65. The van der Waals surface area contributed by atoms with Crippen molar-refractivity contribution in [2.24, 2.45) is 7.05 Å². The average Bonchev–Trinajstić information content (AvgIpc) is 3.18. The molecule has 5 rings (SSSR count). The van der Waals surface area contributed by atoms with Crippen molar-refractivity contribution in [1.29, 1.82) is 0 Å². The summed E-state index contributed by atoms with van der Waals surface area (Å²) in [6.45, 7) is 1.52. The minimum Gasteiger partial charge on any atom is -0.351 e. The standard InChI is InChI=1S/C18H22N8O/c1-23-9-8-14(21-23)18(27)24(2)13-10-25(11-13)16-7-6-15-19-20-17(26(15)22-16)12-4-3-5-12/h6-9,12-13H,3-5,10-11H2,1-2H3. The molecular formula is C18H22N8O. The van der Waals surface area contributed by atoms with Crippen molar-refractivity contribution in [2.75, 3.05) is 25.0 Å². The van der Waals surface area contributed by atoms with E-state index in [1.54, 1.807) is 21.8 Å². The number of hydrogen-bond donors (Lipinski definition) is 0. The Balaban J connectivity index is 1.29. The fourth-order valence-corrected chi connectivity index (χ4v) is 3.65. The first-order chi connectivity index (χ1) is 13.1. The Hall–Kier alpha value is -2.97. The number of nitrogens with zero attached hydrogens (tertiary/aromatic N) is 8. The van der Waals surface area contributed by atoms with E-state index in [0.29, 0.717) is 11.6 Å². The van der Waals surface area contributed by atoms with Crippen LogP contribution in [0.5, 0.6) is 0 Å². The predicted molar refractivity (Wildman–Crippen MR) is 98.7 cm³/mol. The van der Waals surface area contributed by atoms with Crippen molar-refractivity contribution in [3.63, 3.8) is 0 Å². The molecule has 0 spiro atoms. The van der Waals surface area contributed by atoms with Crippen LogP contribution in [0.15, 0.2) is 24.4 Å². The van der Waals surface area contributed by atoms with Gasteiger partial charge in [-0.25, -0.2) is 0 Å². The van der Waals surface area contributed by atoms with E-state index < -0.39 is 0 Å². The van der Waals surface area contributed by atoms with E-state index in [0.717, 1.165) is 30.4 Å². The Morgan fingerprint density at radius 3 is 2.63 bits per heavy atom. The highest BCUT2D eigenvalue weighted by atomic mass is 16.2. The Kier molecular flexibility index (Phi) is 3.63. The monoisotopic (exact) mass is 366 g/mol. The van der Waals surface area contributed by atoms with Gasteiger partial charge in [-0.2, -0.15) is 9.61 Å². The Morgan fingerprint density at radius 2 is 1.96 bits per heavy atom. The SMILES string of the molecule is CN(C(=O)c1ccn(C)n1)C1CN(c2ccc3nnc(C4CCC4)n3n2)C1. The lowest BCUT2D eigenvalue weighted by atomic mass is 9.85. The first-order valence-corrected chi connectivity index (χ1v) is 9.34. The van der Waals surface area contributed by atoms with Crippen LogP contribution >= 0.6 is 0 Å². The fraction of sp³-hybridized carbons (Fsp3) is 0.500. The molecule has 1 aliphatic heterocycles. The van der Waals surface area contributed by atoms with Gasteiger partial charge in [-0.1, -0.05) is 6.42 Å². The normalized spacial score (nSPS) is 17.8. The second-order valence-corrected chi connectivity index (χ2v) is 7.50. The number of likely N-dealkylation sites (N-methyl/N-ethyl adjacent to an activating group) is 1. The number of aromatic nitrogens is 6. The minimum atomic E-state index is -0.0465. The number of amides is 1. The zero-order valence-corrected chi connectivity index (χ0v) is 15.5. The van der Waals surface area contributed by atoms with Gasteiger partial charge in [-0.05, 0) is 31.0 Å². The van der Waals surface area contributed by atoms with Crippen LogP contribution in [0.25, 0.3) is 5.65 Å². The van der Waals surface area contributed by atoms with Crippen LogP contribution in [-0.4, -0.2) is 66.6 Å². The number of aryl methyl sites for hydroxylation is 1. The number of hydrogen-bond acceptors (Lipinski definition) is 6. The average molecular weight is 366 g/mol. The first-order valence-electron chi connectivity index (χ1n) is 9.34. The van der Waals surface area contributed by atoms with Gasteiger partial charge >= 0.3 is 0 Å². The smallest absolute Gasteiger partial charge is 0.274 e. The molecule has 27 heavy (non-hydrogen) atoms. The van der Waals surface area contributed by atoms with Crippen LogP contribution in [0, 0.1) is 0 Å². The topological polar surface area (TPSA) is 84.5 Å². The summed E-state index contributed by atoms with van der Waals surface area (Å²) in [5.41, 5.74) is 1.27. The highest BCUT2D eigenvalue weighted by Gasteiger charge is 2.34. The summed E-state index contributed by atoms with van der Waals surface area (Å²) in [6.07, 6.45) is 5.37. The summed E-state index contributed by atoms with van der Waals surface area (Å²) < 4.78 is 3.53. The third kappa shape index (κ3) is 2.65. The van der Waals surface area contributed by atoms with Gasteiger partial charge in [-0.15, -0.1) is 15.3 Å². The van der Waals surface area contributed by atoms with E-state index in [9.17, 15) is 4.79 Å². The first kappa shape index (κ1) is 16.2. The van der Waals surface area contributed by atoms with E-state index >= 15 is 0 Å². The van der Waals surface area contributed by atoms with Crippen LogP contribution in [0.1, 0.15) is 41.5 Å². The second kappa shape index (κ2) is 6.04. The number of rotatable bonds is 4. The van der Waals surface area contributed by atoms with E-state index in [1.807, 2.05) is 30.7 Å². The number of anilines is 1. The molecule has 140 valence electrons. The third-order valence-corrected chi connectivity index (χ3v) is 5.73. The molecule has 9 nitrogen and oxygen atoms in total. The Morgan fingerprint density at radius 1 is 1.15 bits per heavy atom. The molecule has 0 N–H and O–H groups in total. The van der Waals surface area contributed by atoms with Crippen molar-refractivity contribution in [2.45, 2.75) is 31.2 Å². The third-order valence-electron chi connectivity index (χ3n) is 5.73. The summed E-state index contributed by atoms with van der Waals surface area (Å²) in [7, 11) is 3.65. The van der Waals surface area contributed by atoms with Crippen molar-refractivity contribution >= 4 is 17.4 Å². The van der Waals surface area contributed by atoms with Crippen LogP contribution in [0.4, 0.5) is 5.82 Å². The predicted octanol–water partition coefficient (Wildman–Crippen LogP) is 1.09. The highest BCUT2D eigenvalue weighted by Crippen LogP contribution is 2.35.